The van der Waals surface area contributed by atoms with Crippen LogP contribution in [0, 0.1) is 21.4 Å². The second kappa shape index (κ2) is 7.20. The highest BCUT2D eigenvalue weighted by atomic mass is 16.6. The van der Waals surface area contributed by atoms with E-state index < -0.39 is 4.92 Å². The SMILES string of the molecule is CC(CN1CCN(C)CC1)Nc1ccc(C#N)cc1[N+](=O)[O-]. The Morgan fingerprint density at radius 1 is 1.41 bits per heavy atom. The van der Waals surface area contributed by atoms with E-state index in [-0.39, 0.29) is 11.7 Å². The van der Waals surface area contributed by atoms with Crippen molar-refractivity contribution < 1.29 is 4.92 Å². The lowest BCUT2D eigenvalue weighted by Crippen LogP contribution is -2.47. The molecule has 2 rings (SSSR count). The molecule has 1 N–H and O–H groups in total. The van der Waals surface area contributed by atoms with Crippen molar-refractivity contribution in [2.75, 3.05) is 45.1 Å². The number of anilines is 1. The van der Waals surface area contributed by atoms with Gasteiger partial charge in [-0.25, -0.2) is 0 Å². The van der Waals surface area contributed by atoms with E-state index >= 15 is 0 Å². The fourth-order valence-electron chi connectivity index (χ4n) is 2.60. The topological polar surface area (TPSA) is 85.4 Å². The largest absolute Gasteiger partial charge is 0.376 e. The first-order chi connectivity index (χ1) is 10.5. The number of hydrogen-bond donors (Lipinski definition) is 1. The van der Waals surface area contributed by atoms with Gasteiger partial charge in [-0.2, -0.15) is 5.26 Å². The molecule has 1 aromatic rings. The Kier molecular flexibility index (Phi) is 5.31. The van der Waals surface area contributed by atoms with E-state index in [4.69, 9.17) is 5.26 Å². The van der Waals surface area contributed by atoms with Gasteiger partial charge in [-0.15, -0.1) is 0 Å². The fourth-order valence-corrected chi connectivity index (χ4v) is 2.60. The summed E-state index contributed by atoms with van der Waals surface area (Å²) in [5.74, 6) is 0. The van der Waals surface area contributed by atoms with E-state index in [9.17, 15) is 10.1 Å². The smallest absolute Gasteiger partial charge is 0.293 e. The highest BCUT2D eigenvalue weighted by molar-refractivity contribution is 5.64. The molecule has 0 spiro atoms. The second-order valence-electron chi connectivity index (χ2n) is 5.75. The predicted octanol–water partition coefficient (Wildman–Crippen LogP) is 1.51. The average Bonchev–Trinajstić information content (AvgIpc) is 2.49. The lowest BCUT2D eigenvalue weighted by Gasteiger charge is -2.34. The number of benzene rings is 1. The summed E-state index contributed by atoms with van der Waals surface area (Å²) >= 11 is 0. The summed E-state index contributed by atoms with van der Waals surface area (Å²) in [6.07, 6.45) is 0. The maximum atomic E-state index is 11.1. The van der Waals surface area contributed by atoms with Crippen LogP contribution in [0.25, 0.3) is 0 Å². The number of nitriles is 1. The summed E-state index contributed by atoms with van der Waals surface area (Å²) < 4.78 is 0. The molecule has 0 amide bonds. The summed E-state index contributed by atoms with van der Waals surface area (Å²) in [6.45, 7) is 6.97. The average molecular weight is 303 g/mol. The zero-order valence-corrected chi connectivity index (χ0v) is 13.0. The quantitative estimate of drug-likeness (QED) is 0.655. The minimum absolute atomic E-state index is 0.0516. The molecule has 0 aliphatic carbocycles. The van der Waals surface area contributed by atoms with Crippen LogP contribution in [0.15, 0.2) is 18.2 Å². The van der Waals surface area contributed by atoms with Crippen LogP contribution in [-0.2, 0) is 0 Å². The first-order valence-electron chi connectivity index (χ1n) is 7.35. The molecule has 1 aliphatic rings. The molecule has 7 nitrogen and oxygen atoms in total. The van der Waals surface area contributed by atoms with Gasteiger partial charge in [0.05, 0.1) is 16.6 Å². The van der Waals surface area contributed by atoms with Crippen molar-refractivity contribution >= 4 is 11.4 Å². The molecule has 7 heteroatoms. The summed E-state index contributed by atoms with van der Waals surface area (Å²) in [5, 5.41) is 23.2. The Morgan fingerprint density at radius 2 is 2.09 bits per heavy atom. The Balaban J connectivity index is 2.00. The van der Waals surface area contributed by atoms with Crippen LogP contribution >= 0.6 is 0 Å². The molecule has 118 valence electrons. The number of nitro benzene ring substituents is 1. The van der Waals surface area contributed by atoms with Crippen LogP contribution in [0.5, 0.6) is 0 Å². The van der Waals surface area contributed by atoms with Crippen molar-refractivity contribution in [1.82, 2.24) is 9.80 Å². The lowest BCUT2D eigenvalue weighted by molar-refractivity contribution is -0.384. The molecule has 0 bridgehead atoms. The molecule has 0 radical (unpaired) electrons. The fraction of sp³-hybridized carbons (Fsp3) is 0.533. The number of rotatable bonds is 5. The van der Waals surface area contributed by atoms with Crippen molar-refractivity contribution in [3.8, 4) is 6.07 Å². The maximum absolute atomic E-state index is 11.1. The maximum Gasteiger partial charge on any atom is 0.293 e. The zero-order valence-electron chi connectivity index (χ0n) is 13.0. The molecular formula is C15H21N5O2. The van der Waals surface area contributed by atoms with E-state index in [1.807, 2.05) is 13.0 Å². The molecule has 1 unspecified atom stereocenters. The second-order valence-corrected chi connectivity index (χ2v) is 5.75. The monoisotopic (exact) mass is 303 g/mol. The summed E-state index contributed by atoms with van der Waals surface area (Å²) in [6, 6.07) is 6.53. The number of nitrogens with one attached hydrogen (secondary N) is 1. The Morgan fingerprint density at radius 3 is 2.68 bits per heavy atom. The van der Waals surface area contributed by atoms with Gasteiger partial charge in [0, 0.05) is 44.8 Å². The number of piperazine rings is 1. The van der Waals surface area contributed by atoms with Crippen LogP contribution in [0.4, 0.5) is 11.4 Å². The minimum Gasteiger partial charge on any atom is -0.376 e. The molecule has 22 heavy (non-hydrogen) atoms. The van der Waals surface area contributed by atoms with E-state index in [1.165, 1.54) is 6.07 Å². The van der Waals surface area contributed by atoms with Gasteiger partial charge in [-0.1, -0.05) is 0 Å². The van der Waals surface area contributed by atoms with Crippen LogP contribution in [0.2, 0.25) is 0 Å². The number of nitrogens with zero attached hydrogens (tertiary/aromatic N) is 4. The minimum atomic E-state index is -0.453. The van der Waals surface area contributed by atoms with Crippen molar-refractivity contribution in [2.24, 2.45) is 0 Å². The first kappa shape index (κ1) is 16.2. The molecule has 0 saturated carbocycles. The summed E-state index contributed by atoms with van der Waals surface area (Å²) in [7, 11) is 2.11. The normalized spacial score (nSPS) is 17.7. The van der Waals surface area contributed by atoms with Crippen molar-refractivity contribution in [3.63, 3.8) is 0 Å². The number of nitro groups is 1. The Bertz CT molecular complexity index is 576. The molecule has 1 fully saturated rings. The summed E-state index contributed by atoms with van der Waals surface area (Å²) in [4.78, 5) is 15.3. The Labute approximate surface area is 130 Å². The molecule has 0 aromatic heterocycles. The highest BCUT2D eigenvalue weighted by Gasteiger charge is 2.19. The van der Waals surface area contributed by atoms with Crippen LogP contribution in [-0.4, -0.2) is 60.5 Å². The van der Waals surface area contributed by atoms with Gasteiger partial charge in [0.2, 0.25) is 0 Å². The van der Waals surface area contributed by atoms with E-state index in [1.54, 1.807) is 12.1 Å². The highest BCUT2D eigenvalue weighted by Crippen LogP contribution is 2.26. The number of hydrogen-bond acceptors (Lipinski definition) is 6. The molecule has 1 aromatic carbocycles. The number of likely N-dealkylation sites (N-methyl/N-ethyl adjacent to an activating group) is 1. The molecule has 1 saturated heterocycles. The van der Waals surface area contributed by atoms with E-state index in [2.05, 4.69) is 22.2 Å². The van der Waals surface area contributed by atoms with Gasteiger partial charge in [0.25, 0.3) is 5.69 Å². The first-order valence-corrected chi connectivity index (χ1v) is 7.35. The third-order valence-electron chi connectivity index (χ3n) is 3.85. The molecule has 1 atom stereocenters. The molecule has 1 heterocycles. The van der Waals surface area contributed by atoms with Gasteiger partial charge in [-0.3, -0.25) is 15.0 Å². The van der Waals surface area contributed by atoms with Crippen molar-refractivity contribution in [2.45, 2.75) is 13.0 Å². The van der Waals surface area contributed by atoms with Crippen LogP contribution in [0.1, 0.15) is 12.5 Å². The predicted molar refractivity (Wildman–Crippen MR) is 84.8 cm³/mol. The third-order valence-corrected chi connectivity index (χ3v) is 3.85. The van der Waals surface area contributed by atoms with Crippen LogP contribution < -0.4 is 5.32 Å². The lowest BCUT2D eigenvalue weighted by atomic mass is 10.1. The van der Waals surface area contributed by atoms with Gasteiger partial charge < -0.3 is 10.2 Å². The van der Waals surface area contributed by atoms with Gasteiger partial charge in [-0.05, 0) is 26.1 Å². The van der Waals surface area contributed by atoms with Gasteiger partial charge in [0.1, 0.15) is 5.69 Å². The molecule has 1 aliphatic heterocycles. The zero-order chi connectivity index (χ0) is 16.1. The van der Waals surface area contributed by atoms with Gasteiger partial charge in [0.15, 0.2) is 0 Å². The van der Waals surface area contributed by atoms with Crippen molar-refractivity contribution in [3.05, 3.63) is 33.9 Å². The van der Waals surface area contributed by atoms with Crippen LogP contribution in [0.3, 0.4) is 0 Å². The van der Waals surface area contributed by atoms with E-state index in [0.29, 0.717) is 11.3 Å². The molecular weight excluding hydrogens is 282 g/mol. The summed E-state index contributed by atoms with van der Waals surface area (Å²) in [5.41, 5.74) is 0.707. The van der Waals surface area contributed by atoms with Gasteiger partial charge >= 0.3 is 0 Å². The Hall–Kier alpha value is -2.17. The van der Waals surface area contributed by atoms with E-state index in [0.717, 1.165) is 32.7 Å². The van der Waals surface area contributed by atoms with Crippen molar-refractivity contribution in [1.29, 1.82) is 5.26 Å². The third kappa shape index (κ3) is 4.16. The standard InChI is InChI=1S/C15H21N5O2/c1-12(11-19-7-5-18(2)6-8-19)17-14-4-3-13(10-16)9-15(14)20(21)22/h3-4,9,12,17H,5-8,11H2,1-2H3.